The summed E-state index contributed by atoms with van der Waals surface area (Å²) >= 11 is 0. The first-order valence-corrected chi connectivity index (χ1v) is 9.98. The van der Waals surface area contributed by atoms with Gasteiger partial charge in [-0.25, -0.2) is 8.78 Å². The van der Waals surface area contributed by atoms with Gasteiger partial charge in [0.15, 0.2) is 0 Å². The van der Waals surface area contributed by atoms with Crippen molar-refractivity contribution in [3.05, 3.63) is 82.4 Å². The number of aliphatic hydroxyl groups is 2. The molecule has 0 aliphatic rings. The van der Waals surface area contributed by atoms with Gasteiger partial charge >= 0.3 is 6.18 Å². The number of halogens is 5. The molecule has 0 bridgehead atoms. The quantitative estimate of drug-likeness (QED) is 0.364. The van der Waals surface area contributed by atoms with Crippen molar-refractivity contribution < 1.29 is 36.7 Å². The van der Waals surface area contributed by atoms with Crippen LogP contribution in [-0.4, -0.2) is 20.4 Å². The van der Waals surface area contributed by atoms with Gasteiger partial charge in [0.1, 0.15) is 11.6 Å². The van der Waals surface area contributed by atoms with E-state index in [0.717, 1.165) is 18.2 Å². The molecule has 10 heteroatoms. The summed E-state index contributed by atoms with van der Waals surface area (Å²) in [7, 11) is 0. The third-order valence-electron chi connectivity index (χ3n) is 5.36. The molecule has 0 radical (unpaired) electrons. The first kappa shape index (κ1) is 23.5. The first-order chi connectivity index (χ1) is 16.1. The van der Waals surface area contributed by atoms with Crippen molar-refractivity contribution in [3.8, 4) is 34.0 Å². The van der Waals surface area contributed by atoms with Gasteiger partial charge < -0.3 is 14.7 Å². The van der Waals surface area contributed by atoms with E-state index in [-0.39, 0.29) is 41.6 Å². The molecule has 2 N–H and O–H groups in total. The fourth-order valence-electron chi connectivity index (χ4n) is 3.69. The zero-order chi connectivity index (χ0) is 24.6. The fraction of sp³-hybridized carbons (Fsp3) is 0.167. The highest BCUT2D eigenvalue weighted by atomic mass is 19.4. The van der Waals surface area contributed by atoms with Crippen molar-refractivity contribution in [2.24, 2.45) is 0 Å². The molecule has 176 valence electrons. The summed E-state index contributed by atoms with van der Waals surface area (Å²) in [5.41, 5.74) is -0.574. The number of aliphatic hydroxyl groups excluding tert-OH is 2. The standard InChI is InChI=1S/C24H17F5N2O3/c1-12-7-18(20(26)9-17(12)16-3-2-4-19(25)21(16)24(27,28)29)23-30-22(31-34-23)13-5-6-14(10-32)15(8-13)11-33/h2-9,32-33H,10-11H2,1H3. The maximum absolute atomic E-state index is 15.0. The van der Waals surface area contributed by atoms with Gasteiger partial charge in [-0.2, -0.15) is 18.2 Å². The Morgan fingerprint density at radius 1 is 0.853 bits per heavy atom. The van der Waals surface area contributed by atoms with Crippen molar-refractivity contribution >= 4 is 0 Å². The highest BCUT2D eigenvalue weighted by Gasteiger charge is 2.37. The molecule has 1 aromatic heterocycles. The number of nitrogens with zero attached hydrogens (tertiary/aromatic N) is 2. The summed E-state index contributed by atoms with van der Waals surface area (Å²) in [6, 6.07) is 9.74. The Labute approximate surface area is 190 Å². The summed E-state index contributed by atoms with van der Waals surface area (Å²) < 4.78 is 74.5. The number of hydrogen-bond acceptors (Lipinski definition) is 5. The molecule has 3 aromatic carbocycles. The lowest BCUT2D eigenvalue weighted by Crippen LogP contribution is -2.10. The second kappa shape index (κ2) is 8.96. The van der Waals surface area contributed by atoms with Crippen LogP contribution in [0.3, 0.4) is 0 Å². The van der Waals surface area contributed by atoms with Crippen LogP contribution < -0.4 is 0 Å². The largest absolute Gasteiger partial charge is 0.419 e. The van der Waals surface area contributed by atoms with E-state index in [1.807, 2.05) is 0 Å². The maximum atomic E-state index is 15.0. The second-order valence-electron chi connectivity index (χ2n) is 7.53. The molecule has 0 fully saturated rings. The van der Waals surface area contributed by atoms with Gasteiger partial charge in [-0.05, 0) is 59.0 Å². The Kier molecular flexibility index (Phi) is 6.20. The highest BCUT2D eigenvalue weighted by Crippen LogP contribution is 2.41. The molecule has 0 aliphatic heterocycles. The molecule has 0 spiro atoms. The topological polar surface area (TPSA) is 79.4 Å². The van der Waals surface area contributed by atoms with Crippen LogP contribution in [0.25, 0.3) is 34.0 Å². The van der Waals surface area contributed by atoms with Gasteiger partial charge in [0.2, 0.25) is 5.82 Å². The van der Waals surface area contributed by atoms with Crippen LogP contribution in [0.4, 0.5) is 22.0 Å². The molecular formula is C24H17F5N2O3. The van der Waals surface area contributed by atoms with E-state index in [0.29, 0.717) is 22.8 Å². The summed E-state index contributed by atoms with van der Waals surface area (Å²) in [6.07, 6.45) is -4.97. The van der Waals surface area contributed by atoms with E-state index < -0.39 is 28.9 Å². The van der Waals surface area contributed by atoms with Gasteiger partial charge in [0, 0.05) is 5.56 Å². The Morgan fingerprint density at radius 2 is 1.59 bits per heavy atom. The van der Waals surface area contributed by atoms with Crippen molar-refractivity contribution in [3.63, 3.8) is 0 Å². The maximum Gasteiger partial charge on any atom is 0.419 e. The minimum absolute atomic E-state index is 0.0832. The first-order valence-electron chi connectivity index (χ1n) is 9.98. The molecule has 4 aromatic rings. The zero-order valence-corrected chi connectivity index (χ0v) is 17.6. The predicted molar refractivity (Wildman–Crippen MR) is 112 cm³/mol. The highest BCUT2D eigenvalue weighted by molar-refractivity contribution is 5.75. The number of rotatable bonds is 5. The van der Waals surface area contributed by atoms with Gasteiger partial charge in [-0.1, -0.05) is 29.4 Å². The molecule has 0 saturated heterocycles. The van der Waals surface area contributed by atoms with Crippen LogP contribution in [0.2, 0.25) is 0 Å². The number of aromatic nitrogens is 2. The average Bonchev–Trinajstić information content (AvgIpc) is 3.28. The minimum Gasteiger partial charge on any atom is -0.392 e. The van der Waals surface area contributed by atoms with Crippen LogP contribution in [0.1, 0.15) is 22.3 Å². The van der Waals surface area contributed by atoms with E-state index in [1.165, 1.54) is 13.0 Å². The van der Waals surface area contributed by atoms with E-state index in [1.54, 1.807) is 18.2 Å². The normalized spacial score (nSPS) is 11.8. The van der Waals surface area contributed by atoms with Crippen molar-refractivity contribution in [1.82, 2.24) is 10.1 Å². The van der Waals surface area contributed by atoms with Crippen LogP contribution in [0, 0.1) is 18.6 Å². The monoisotopic (exact) mass is 476 g/mol. The molecule has 0 aliphatic carbocycles. The fourth-order valence-corrected chi connectivity index (χ4v) is 3.69. The van der Waals surface area contributed by atoms with Crippen LogP contribution in [0.15, 0.2) is 53.1 Å². The number of benzene rings is 3. The van der Waals surface area contributed by atoms with Crippen molar-refractivity contribution in [1.29, 1.82) is 0 Å². The Hall–Kier alpha value is -3.63. The third-order valence-corrected chi connectivity index (χ3v) is 5.36. The summed E-state index contributed by atoms with van der Waals surface area (Å²) in [6.45, 7) is 0.858. The van der Waals surface area contributed by atoms with Crippen LogP contribution in [0.5, 0.6) is 0 Å². The molecular weight excluding hydrogens is 459 g/mol. The Morgan fingerprint density at radius 3 is 2.26 bits per heavy atom. The molecule has 5 nitrogen and oxygen atoms in total. The molecule has 0 saturated carbocycles. The van der Waals surface area contributed by atoms with Gasteiger partial charge in [-0.3, -0.25) is 0 Å². The smallest absolute Gasteiger partial charge is 0.392 e. The second-order valence-corrected chi connectivity index (χ2v) is 7.53. The van der Waals surface area contributed by atoms with E-state index in [2.05, 4.69) is 10.1 Å². The zero-order valence-electron chi connectivity index (χ0n) is 17.6. The van der Waals surface area contributed by atoms with Crippen LogP contribution >= 0.6 is 0 Å². The third kappa shape index (κ3) is 4.29. The van der Waals surface area contributed by atoms with Crippen LogP contribution in [-0.2, 0) is 19.4 Å². The molecule has 1 heterocycles. The van der Waals surface area contributed by atoms with Gasteiger partial charge in [0.25, 0.3) is 5.89 Å². The van der Waals surface area contributed by atoms with Gasteiger partial charge in [-0.15, -0.1) is 0 Å². The lowest BCUT2D eigenvalue weighted by molar-refractivity contribution is -0.139. The average molecular weight is 476 g/mol. The van der Waals surface area contributed by atoms with Gasteiger partial charge in [0.05, 0.1) is 24.3 Å². The molecule has 0 unspecified atom stereocenters. The van der Waals surface area contributed by atoms with Crippen molar-refractivity contribution in [2.45, 2.75) is 26.3 Å². The lowest BCUT2D eigenvalue weighted by atomic mass is 9.93. The Balaban J connectivity index is 1.76. The van der Waals surface area contributed by atoms with E-state index >= 15 is 0 Å². The van der Waals surface area contributed by atoms with E-state index in [4.69, 9.17) is 4.52 Å². The molecule has 0 amide bonds. The number of alkyl halides is 3. The number of hydrogen-bond donors (Lipinski definition) is 2. The molecule has 4 rings (SSSR count). The molecule has 34 heavy (non-hydrogen) atoms. The summed E-state index contributed by atoms with van der Waals surface area (Å²) in [5, 5.41) is 22.6. The Bertz CT molecular complexity index is 1370. The summed E-state index contributed by atoms with van der Waals surface area (Å²) in [5.74, 6) is -2.52. The SMILES string of the molecule is Cc1cc(-c2nc(-c3ccc(CO)c(CO)c3)no2)c(F)cc1-c1cccc(F)c1C(F)(F)F. The minimum atomic E-state index is -4.97. The van der Waals surface area contributed by atoms with Crippen molar-refractivity contribution in [2.75, 3.05) is 0 Å². The predicted octanol–water partition coefficient (Wildman–Crippen LogP) is 5.66. The number of aryl methyl sites for hydroxylation is 1. The summed E-state index contributed by atoms with van der Waals surface area (Å²) in [4.78, 5) is 4.16. The lowest BCUT2D eigenvalue weighted by Gasteiger charge is -2.16. The van der Waals surface area contributed by atoms with E-state index in [9.17, 15) is 32.2 Å². The molecule has 0 atom stereocenters.